The lowest BCUT2D eigenvalue weighted by Gasteiger charge is -2.13. The highest BCUT2D eigenvalue weighted by molar-refractivity contribution is 6.39. The summed E-state index contributed by atoms with van der Waals surface area (Å²) in [6.07, 6.45) is 7.58. The smallest absolute Gasteiger partial charge is 0.313 e. The lowest BCUT2D eigenvalue weighted by Crippen LogP contribution is -2.36. The Balaban J connectivity index is 1.80. The molecule has 118 valence electrons. The number of halogens is 1. The lowest BCUT2D eigenvalue weighted by molar-refractivity contribution is -0.136. The Labute approximate surface area is 129 Å². The van der Waals surface area contributed by atoms with Crippen molar-refractivity contribution < 1.29 is 14.0 Å². The molecule has 0 bridgehead atoms. The molecule has 0 radical (unpaired) electrons. The Kier molecular flexibility index (Phi) is 5.69. The van der Waals surface area contributed by atoms with Crippen molar-refractivity contribution in [2.75, 3.05) is 11.9 Å². The van der Waals surface area contributed by atoms with E-state index in [1.807, 2.05) is 0 Å². The summed E-state index contributed by atoms with van der Waals surface area (Å²) in [6, 6.07) is 4.06. The van der Waals surface area contributed by atoms with Gasteiger partial charge < -0.3 is 10.6 Å². The van der Waals surface area contributed by atoms with Crippen LogP contribution in [0.1, 0.15) is 37.7 Å². The standard InChI is InChI=1S/C17H21FN2O2/c1-12-7-8-14(18)11-15(12)20-17(22)16(21)19-10-9-13-5-3-2-4-6-13/h5,7-8,11H,2-4,6,9-10H2,1H3,(H,19,21)(H,20,22). The van der Waals surface area contributed by atoms with Crippen LogP contribution in [0.5, 0.6) is 0 Å². The van der Waals surface area contributed by atoms with Gasteiger partial charge in [0.15, 0.2) is 0 Å². The second-order valence-electron chi connectivity index (χ2n) is 5.53. The van der Waals surface area contributed by atoms with Crippen molar-refractivity contribution in [3.63, 3.8) is 0 Å². The van der Waals surface area contributed by atoms with Crippen molar-refractivity contribution in [3.05, 3.63) is 41.2 Å². The quantitative estimate of drug-likeness (QED) is 0.663. The predicted molar refractivity (Wildman–Crippen MR) is 83.9 cm³/mol. The molecule has 22 heavy (non-hydrogen) atoms. The van der Waals surface area contributed by atoms with Crippen LogP contribution in [-0.4, -0.2) is 18.4 Å². The molecule has 2 amide bonds. The molecule has 2 N–H and O–H groups in total. The van der Waals surface area contributed by atoms with Crippen molar-refractivity contribution >= 4 is 17.5 Å². The third kappa shape index (κ3) is 4.69. The first-order valence-corrected chi connectivity index (χ1v) is 7.59. The van der Waals surface area contributed by atoms with Gasteiger partial charge in [-0.25, -0.2) is 4.39 Å². The molecule has 1 aromatic carbocycles. The minimum Gasteiger partial charge on any atom is -0.348 e. The number of allylic oxidation sites excluding steroid dienone is 1. The van der Waals surface area contributed by atoms with Crippen LogP contribution in [0.2, 0.25) is 0 Å². The fraction of sp³-hybridized carbons (Fsp3) is 0.412. The van der Waals surface area contributed by atoms with E-state index in [1.165, 1.54) is 30.5 Å². The lowest BCUT2D eigenvalue weighted by atomic mass is 9.97. The highest BCUT2D eigenvalue weighted by Gasteiger charge is 2.15. The Morgan fingerprint density at radius 2 is 2.05 bits per heavy atom. The van der Waals surface area contributed by atoms with Crippen LogP contribution < -0.4 is 10.6 Å². The zero-order valence-electron chi connectivity index (χ0n) is 12.7. The second-order valence-corrected chi connectivity index (χ2v) is 5.53. The van der Waals surface area contributed by atoms with Gasteiger partial charge in [-0.15, -0.1) is 0 Å². The first kappa shape index (κ1) is 16.2. The van der Waals surface area contributed by atoms with Crippen LogP contribution in [0.3, 0.4) is 0 Å². The van der Waals surface area contributed by atoms with Crippen molar-refractivity contribution in [2.45, 2.75) is 39.0 Å². The molecule has 0 saturated heterocycles. The molecule has 2 rings (SSSR count). The average molecular weight is 304 g/mol. The van der Waals surface area contributed by atoms with Crippen LogP contribution in [-0.2, 0) is 9.59 Å². The van der Waals surface area contributed by atoms with Gasteiger partial charge in [-0.05, 0) is 56.7 Å². The highest BCUT2D eigenvalue weighted by atomic mass is 19.1. The average Bonchev–Trinajstić information content (AvgIpc) is 2.52. The van der Waals surface area contributed by atoms with Gasteiger partial charge in [0, 0.05) is 12.2 Å². The summed E-state index contributed by atoms with van der Waals surface area (Å²) in [5.74, 6) is -1.92. The Hall–Kier alpha value is -2.17. The summed E-state index contributed by atoms with van der Waals surface area (Å²) in [7, 11) is 0. The van der Waals surface area contributed by atoms with Crippen LogP contribution in [0.4, 0.5) is 10.1 Å². The summed E-state index contributed by atoms with van der Waals surface area (Å²) in [5.41, 5.74) is 2.36. The number of aryl methyl sites for hydroxylation is 1. The predicted octanol–water partition coefficient (Wildman–Crippen LogP) is 3.08. The Bertz CT molecular complexity index is 596. The molecule has 4 nitrogen and oxygen atoms in total. The fourth-order valence-electron chi connectivity index (χ4n) is 2.46. The van der Waals surface area contributed by atoms with E-state index in [2.05, 4.69) is 16.7 Å². The molecule has 0 unspecified atom stereocenters. The monoisotopic (exact) mass is 304 g/mol. The van der Waals surface area contributed by atoms with Gasteiger partial charge in [-0.3, -0.25) is 9.59 Å². The summed E-state index contributed by atoms with van der Waals surface area (Å²) >= 11 is 0. The van der Waals surface area contributed by atoms with E-state index in [1.54, 1.807) is 13.0 Å². The summed E-state index contributed by atoms with van der Waals surface area (Å²) in [4.78, 5) is 23.5. The van der Waals surface area contributed by atoms with E-state index >= 15 is 0 Å². The number of carbonyl (C=O) groups is 2. The fourth-order valence-corrected chi connectivity index (χ4v) is 2.46. The van der Waals surface area contributed by atoms with E-state index < -0.39 is 17.6 Å². The molecule has 1 aliphatic rings. The molecule has 0 atom stereocenters. The number of hydrogen-bond acceptors (Lipinski definition) is 2. The number of nitrogens with one attached hydrogen (secondary N) is 2. The van der Waals surface area contributed by atoms with Crippen LogP contribution >= 0.6 is 0 Å². The molecular weight excluding hydrogens is 283 g/mol. The van der Waals surface area contributed by atoms with E-state index in [0.717, 1.165) is 19.3 Å². The van der Waals surface area contributed by atoms with E-state index in [-0.39, 0.29) is 0 Å². The summed E-state index contributed by atoms with van der Waals surface area (Å²) < 4.78 is 13.1. The molecule has 1 aromatic rings. The number of carbonyl (C=O) groups excluding carboxylic acids is 2. The van der Waals surface area contributed by atoms with E-state index in [0.29, 0.717) is 17.8 Å². The van der Waals surface area contributed by atoms with Crippen LogP contribution in [0.15, 0.2) is 29.8 Å². The number of rotatable bonds is 4. The molecule has 0 aliphatic heterocycles. The SMILES string of the molecule is Cc1ccc(F)cc1NC(=O)C(=O)NCCC1=CCCCC1. The van der Waals surface area contributed by atoms with Gasteiger partial charge >= 0.3 is 11.8 Å². The van der Waals surface area contributed by atoms with Gasteiger partial charge in [0.2, 0.25) is 0 Å². The number of amides is 2. The normalized spacial score (nSPS) is 14.2. The van der Waals surface area contributed by atoms with Crippen LogP contribution in [0, 0.1) is 12.7 Å². The third-order valence-electron chi connectivity index (χ3n) is 3.77. The number of hydrogen-bond donors (Lipinski definition) is 2. The molecule has 0 fully saturated rings. The zero-order valence-corrected chi connectivity index (χ0v) is 12.7. The van der Waals surface area contributed by atoms with Gasteiger partial charge in [0.05, 0.1) is 0 Å². The molecule has 0 aromatic heterocycles. The van der Waals surface area contributed by atoms with Crippen molar-refractivity contribution in [3.8, 4) is 0 Å². The largest absolute Gasteiger partial charge is 0.348 e. The third-order valence-corrected chi connectivity index (χ3v) is 3.77. The first-order chi connectivity index (χ1) is 10.6. The minimum absolute atomic E-state index is 0.315. The maximum Gasteiger partial charge on any atom is 0.313 e. The van der Waals surface area contributed by atoms with Gasteiger partial charge in [-0.1, -0.05) is 17.7 Å². The van der Waals surface area contributed by atoms with E-state index in [9.17, 15) is 14.0 Å². The summed E-state index contributed by atoms with van der Waals surface area (Å²) in [6.45, 7) is 2.18. The van der Waals surface area contributed by atoms with Crippen LogP contribution in [0.25, 0.3) is 0 Å². The molecule has 0 saturated carbocycles. The molecule has 5 heteroatoms. The zero-order chi connectivity index (χ0) is 15.9. The van der Waals surface area contributed by atoms with E-state index in [4.69, 9.17) is 0 Å². The van der Waals surface area contributed by atoms with Gasteiger partial charge in [-0.2, -0.15) is 0 Å². The topological polar surface area (TPSA) is 58.2 Å². The number of benzene rings is 1. The highest BCUT2D eigenvalue weighted by Crippen LogP contribution is 2.19. The van der Waals surface area contributed by atoms with Gasteiger partial charge in [0.25, 0.3) is 0 Å². The Morgan fingerprint density at radius 1 is 1.23 bits per heavy atom. The maximum atomic E-state index is 13.1. The van der Waals surface area contributed by atoms with Crippen molar-refractivity contribution in [1.29, 1.82) is 0 Å². The molecular formula is C17H21FN2O2. The second kappa shape index (κ2) is 7.73. The molecule has 0 spiro atoms. The van der Waals surface area contributed by atoms with Crippen molar-refractivity contribution in [2.24, 2.45) is 0 Å². The number of anilines is 1. The minimum atomic E-state index is -0.772. The molecule has 0 heterocycles. The van der Waals surface area contributed by atoms with Gasteiger partial charge in [0.1, 0.15) is 5.82 Å². The van der Waals surface area contributed by atoms with Crippen molar-refractivity contribution in [1.82, 2.24) is 5.32 Å². The molecule has 1 aliphatic carbocycles. The maximum absolute atomic E-state index is 13.1. The first-order valence-electron chi connectivity index (χ1n) is 7.59. The Morgan fingerprint density at radius 3 is 2.77 bits per heavy atom. The summed E-state index contributed by atoms with van der Waals surface area (Å²) in [5, 5.41) is 5.03.